The highest BCUT2D eigenvalue weighted by molar-refractivity contribution is 6.30. The summed E-state index contributed by atoms with van der Waals surface area (Å²) >= 11 is 6.03. The minimum atomic E-state index is -1.03. The minimum absolute atomic E-state index is 0.104. The number of benzene rings is 2. The van der Waals surface area contributed by atoms with Crippen molar-refractivity contribution in [1.29, 1.82) is 0 Å². The Hall–Kier alpha value is -3.38. The molecule has 0 amide bonds. The van der Waals surface area contributed by atoms with Gasteiger partial charge in [0.05, 0.1) is 14.2 Å². The van der Waals surface area contributed by atoms with Crippen molar-refractivity contribution < 1.29 is 28.7 Å². The highest BCUT2D eigenvalue weighted by atomic mass is 35.5. The van der Waals surface area contributed by atoms with Crippen molar-refractivity contribution in [3.8, 4) is 11.5 Å². The van der Waals surface area contributed by atoms with Gasteiger partial charge in [-0.15, -0.1) is 0 Å². The van der Waals surface area contributed by atoms with Gasteiger partial charge in [-0.25, -0.2) is 4.79 Å². The molecule has 7 heteroatoms. The van der Waals surface area contributed by atoms with Gasteiger partial charge in [-0.3, -0.25) is 4.79 Å². The molecule has 1 aromatic heterocycles. The molecule has 0 aliphatic carbocycles. The number of halogens is 1. The predicted octanol–water partition coefficient (Wildman–Crippen LogP) is 4.21. The highest BCUT2D eigenvalue weighted by Gasteiger charge is 2.18. The van der Waals surface area contributed by atoms with E-state index in [1.165, 1.54) is 14.2 Å². The number of nitrogens with zero attached hydrogens (tertiary/aromatic N) is 1. The number of carboxylic acid groups (broad SMARTS) is 1. The maximum absolute atomic E-state index is 12.6. The third-order valence-electron chi connectivity index (χ3n) is 4.92. The second-order valence-corrected chi connectivity index (χ2v) is 7.42. The second kappa shape index (κ2) is 10.1. The fourth-order valence-electron chi connectivity index (χ4n) is 3.32. The molecule has 2 aromatic carbocycles. The summed E-state index contributed by atoms with van der Waals surface area (Å²) in [4.78, 5) is 24.4. The van der Waals surface area contributed by atoms with Crippen molar-refractivity contribution in [3.05, 3.63) is 88.2 Å². The Labute approximate surface area is 185 Å². The van der Waals surface area contributed by atoms with Crippen LogP contribution in [0.2, 0.25) is 5.02 Å². The fraction of sp³-hybridized carbons (Fsp3) is 0.208. The number of rotatable bonds is 9. The Bertz CT molecular complexity index is 1110. The lowest BCUT2D eigenvalue weighted by Crippen LogP contribution is -2.35. The number of ketones is 1. The maximum atomic E-state index is 12.6. The summed E-state index contributed by atoms with van der Waals surface area (Å²) < 4.78 is 12.2. The third-order valence-corrected chi connectivity index (χ3v) is 5.15. The van der Waals surface area contributed by atoms with Crippen LogP contribution >= 0.6 is 11.6 Å². The van der Waals surface area contributed by atoms with Crippen LogP contribution in [0.4, 0.5) is 0 Å². The van der Waals surface area contributed by atoms with Gasteiger partial charge in [0.1, 0.15) is 5.56 Å². The molecule has 0 fully saturated rings. The first-order chi connectivity index (χ1) is 14.9. The van der Waals surface area contributed by atoms with Crippen LogP contribution in [0, 0.1) is 0 Å². The SMILES string of the molecule is COc1ccc(C(=O)CCc2cc[n+](Cc3cccc(Cl)c3)cc2C(=O)O)cc1OC. The second-order valence-electron chi connectivity index (χ2n) is 6.98. The van der Waals surface area contributed by atoms with Crippen LogP contribution in [0.25, 0.3) is 0 Å². The lowest BCUT2D eigenvalue weighted by Gasteiger charge is -2.09. The van der Waals surface area contributed by atoms with E-state index in [9.17, 15) is 14.7 Å². The van der Waals surface area contributed by atoms with Gasteiger partial charge in [0.25, 0.3) is 0 Å². The number of hydrogen-bond acceptors (Lipinski definition) is 4. The number of aromatic carboxylic acids is 1. The molecule has 0 aliphatic heterocycles. The molecule has 1 heterocycles. The van der Waals surface area contributed by atoms with Crippen molar-refractivity contribution in [1.82, 2.24) is 0 Å². The first-order valence-electron chi connectivity index (χ1n) is 9.66. The summed E-state index contributed by atoms with van der Waals surface area (Å²) in [6.07, 6.45) is 3.88. The van der Waals surface area contributed by atoms with Crippen molar-refractivity contribution in [2.45, 2.75) is 19.4 Å². The summed E-state index contributed by atoms with van der Waals surface area (Å²) in [7, 11) is 3.04. The lowest BCUT2D eigenvalue weighted by molar-refractivity contribution is -0.688. The minimum Gasteiger partial charge on any atom is -0.493 e. The van der Waals surface area contributed by atoms with Crippen LogP contribution in [0.15, 0.2) is 60.9 Å². The number of methoxy groups -OCH3 is 2. The van der Waals surface area contributed by atoms with Crippen molar-refractivity contribution >= 4 is 23.4 Å². The number of Topliss-reactive ketones (excluding diaryl/α,β-unsaturated/α-hetero) is 1. The van der Waals surface area contributed by atoms with Crippen LogP contribution < -0.4 is 14.0 Å². The Balaban J connectivity index is 1.75. The van der Waals surface area contributed by atoms with E-state index in [4.69, 9.17) is 21.1 Å². The number of ether oxygens (including phenoxy) is 2. The molecule has 0 bridgehead atoms. The average Bonchev–Trinajstić information content (AvgIpc) is 2.77. The quantitative estimate of drug-likeness (QED) is 0.398. The standard InChI is InChI=1S/C24H22ClNO5/c1-30-22-9-7-18(13-23(22)31-2)21(27)8-6-17-10-11-26(15-20(17)24(28)29)14-16-4-3-5-19(25)12-16/h3-5,7,9-13,15H,6,8,14H2,1-2H3/p+1. The van der Waals surface area contributed by atoms with Crippen LogP contribution in [0.1, 0.15) is 38.3 Å². The van der Waals surface area contributed by atoms with Gasteiger partial charge in [-0.05, 0) is 42.3 Å². The highest BCUT2D eigenvalue weighted by Crippen LogP contribution is 2.28. The predicted molar refractivity (Wildman–Crippen MR) is 116 cm³/mol. The third kappa shape index (κ3) is 5.61. The summed E-state index contributed by atoms with van der Waals surface area (Å²) in [5, 5.41) is 10.3. The van der Waals surface area contributed by atoms with Crippen molar-refractivity contribution in [2.24, 2.45) is 0 Å². The molecule has 3 rings (SSSR count). The van der Waals surface area contributed by atoms with Crippen LogP contribution in [0.3, 0.4) is 0 Å². The van der Waals surface area contributed by atoms with Crippen LogP contribution in [-0.2, 0) is 13.0 Å². The van der Waals surface area contributed by atoms with E-state index in [1.54, 1.807) is 41.1 Å². The van der Waals surface area contributed by atoms with Gasteiger partial charge in [0.15, 0.2) is 36.2 Å². The summed E-state index contributed by atoms with van der Waals surface area (Å²) in [5.74, 6) is -0.122. The van der Waals surface area contributed by atoms with E-state index >= 15 is 0 Å². The molecule has 0 radical (unpaired) electrons. The molecule has 0 unspecified atom stereocenters. The number of pyridine rings is 1. The van der Waals surface area contributed by atoms with E-state index in [2.05, 4.69) is 0 Å². The van der Waals surface area contributed by atoms with Gasteiger partial charge in [-0.1, -0.05) is 23.7 Å². The number of hydrogen-bond donors (Lipinski definition) is 1. The largest absolute Gasteiger partial charge is 0.493 e. The van der Waals surface area contributed by atoms with Crippen LogP contribution in [0.5, 0.6) is 11.5 Å². The van der Waals surface area contributed by atoms with Gasteiger partial charge >= 0.3 is 5.97 Å². The molecule has 1 N–H and O–H groups in total. The Kier molecular flexibility index (Phi) is 7.26. The number of aryl methyl sites for hydroxylation is 1. The topological polar surface area (TPSA) is 76.7 Å². The first kappa shape index (κ1) is 22.3. The number of aromatic nitrogens is 1. The van der Waals surface area contributed by atoms with E-state index in [1.807, 2.05) is 24.4 Å². The number of carbonyl (C=O) groups is 2. The van der Waals surface area contributed by atoms with E-state index < -0.39 is 5.97 Å². The van der Waals surface area contributed by atoms with Gasteiger partial charge in [-0.2, -0.15) is 4.57 Å². The molecule has 31 heavy (non-hydrogen) atoms. The zero-order valence-electron chi connectivity index (χ0n) is 17.3. The monoisotopic (exact) mass is 440 g/mol. The molecule has 3 aromatic rings. The summed E-state index contributed by atoms with van der Waals surface area (Å²) in [5.41, 5.74) is 2.22. The zero-order chi connectivity index (χ0) is 22.4. The Morgan fingerprint density at radius 1 is 1.03 bits per heavy atom. The normalized spacial score (nSPS) is 10.5. The molecule has 0 saturated heterocycles. The molecule has 0 saturated carbocycles. The van der Waals surface area contributed by atoms with E-state index in [-0.39, 0.29) is 17.8 Å². The molecule has 0 aliphatic rings. The first-order valence-corrected chi connectivity index (χ1v) is 10.0. The summed E-state index contributed by atoms with van der Waals surface area (Å²) in [6, 6.07) is 14.1. The van der Waals surface area contributed by atoms with Crippen molar-refractivity contribution in [3.63, 3.8) is 0 Å². The Morgan fingerprint density at radius 3 is 2.48 bits per heavy atom. The van der Waals surface area contributed by atoms with Crippen molar-refractivity contribution in [2.75, 3.05) is 14.2 Å². The maximum Gasteiger partial charge on any atom is 0.342 e. The zero-order valence-corrected chi connectivity index (χ0v) is 18.1. The number of carbonyl (C=O) groups excluding carboxylic acids is 1. The van der Waals surface area contributed by atoms with E-state index in [0.29, 0.717) is 40.6 Å². The average molecular weight is 441 g/mol. The molecule has 0 spiro atoms. The lowest BCUT2D eigenvalue weighted by atomic mass is 10.00. The Morgan fingerprint density at radius 2 is 1.81 bits per heavy atom. The van der Waals surface area contributed by atoms with Crippen LogP contribution in [-0.4, -0.2) is 31.1 Å². The molecule has 0 atom stereocenters. The van der Waals surface area contributed by atoms with E-state index in [0.717, 1.165) is 5.56 Å². The molecule has 160 valence electrons. The smallest absolute Gasteiger partial charge is 0.342 e. The number of carboxylic acids is 1. The van der Waals surface area contributed by atoms with Gasteiger partial charge < -0.3 is 14.6 Å². The molecule has 6 nitrogen and oxygen atoms in total. The summed E-state index contributed by atoms with van der Waals surface area (Å²) in [6.45, 7) is 0.492. The molecular weight excluding hydrogens is 418 g/mol. The molecular formula is C24H23ClNO5+. The fourth-order valence-corrected chi connectivity index (χ4v) is 3.54. The van der Waals surface area contributed by atoms with Gasteiger partial charge in [0.2, 0.25) is 0 Å². The van der Waals surface area contributed by atoms with Gasteiger partial charge in [0, 0.05) is 28.6 Å².